The van der Waals surface area contributed by atoms with Gasteiger partial charge < -0.3 is 15.2 Å². The molecule has 0 saturated carbocycles. The van der Waals surface area contributed by atoms with E-state index >= 15 is 0 Å². The first-order valence-corrected chi connectivity index (χ1v) is 9.39. The first kappa shape index (κ1) is 19.7. The number of para-hydroxylation sites is 1. The fraction of sp³-hybridized carbons (Fsp3) is 0.650. The predicted molar refractivity (Wildman–Crippen MR) is 93.7 cm³/mol. The summed E-state index contributed by atoms with van der Waals surface area (Å²) in [5.74, 6) is -1.09. The molecule has 0 saturated heterocycles. The fourth-order valence-electron chi connectivity index (χ4n) is 2.93. The summed E-state index contributed by atoms with van der Waals surface area (Å²) in [5, 5.41) is 13.0. The number of carboxylic acids is 1. The van der Waals surface area contributed by atoms with Crippen molar-refractivity contribution in [2.24, 2.45) is 0 Å². The van der Waals surface area contributed by atoms with Gasteiger partial charge in [-0.25, -0.2) is 0 Å². The van der Waals surface area contributed by atoms with Gasteiger partial charge in [-0.3, -0.25) is 0 Å². The number of unbranched alkanes of at least 4 members (excludes halogenated alkanes) is 10. The van der Waals surface area contributed by atoms with Gasteiger partial charge in [0.1, 0.15) is 5.69 Å². The highest BCUT2D eigenvalue weighted by Gasteiger charge is 2.05. The summed E-state index contributed by atoms with van der Waals surface area (Å²) in [7, 11) is 0. The molecule has 130 valence electrons. The average Bonchev–Trinajstić information content (AvgIpc) is 2.56. The summed E-state index contributed by atoms with van der Waals surface area (Å²) in [5.41, 5.74) is 1.09. The third-order valence-corrected chi connectivity index (χ3v) is 4.35. The molecule has 0 fully saturated rings. The van der Waals surface area contributed by atoms with Gasteiger partial charge in [-0.15, -0.1) is 0 Å². The molecule has 0 atom stereocenters. The smallest absolute Gasteiger partial charge is 0.138 e. The molecule has 0 amide bonds. The molecule has 1 aromatic carbocycles. The van der Waals surface area contributed by atoms with Crippen LogP contribution in [0.2, 0.25) is 0 Å². The lowest BCUT2D eigenvalue weighted by molar-refractivity contribution is -0.572. The zero-order valence-corrected chi connectivity index (χ0v) is 14.7. The number of aromatic carboxylic acids is 1. The maximum atomic E-state index is 11.0. The van der Waals surface area contributed by atoms with E-state index in [0.717, 1.165) is 18.7 Å². The highest BCUT2D eigenvalue weighted by Crippen LogP contribution is 2.11. The zero-order chi connectivity index (χ0) is 16.8. The van der Waals surface area contributed by atoms with Gasteiger partial charge >= 0.3 is 0 Å². The van der Waals surface area contributed by atoms with E-state index in [1.54, 1.807) is 12.1 Å². The van der Waals surface area contributed by atoms with Crippen molar-refractivity contribution >= 4 is 11.7 Å². The van der Waals surface area contributed by atoms with Crippen LogP contribution in [0.4, 0.5) is 5.69 Å². The SMILES string of the molecule is CCCCCCCCCCCCC[NH2+]c1ccccc1C(=O)[O-]. The van der Waals surface area contributed by atoms with Gasteiger partial charge in [-0.05, 0) is 25.0 Å². The highest BCUT2D eigenvalue weighted by atomic mass is 16.4. The minimum atomic E-state index is -1.09. The maximum absolute atomic E-state index is 11.0. The lowest BCUT2D eigenvalue weighted by atomic mass is 10.1. The van der Waals surface area contributed by atoms with Gasteiger partial charge in [-0.2, -0.15) is 0 Å². The normalized spacial score (nSPS) is 10.8. The molecular formula is C20H33NO2. The Morgan fingerprint density at radius 3 is 1.96 bits per heavy atom. The minimum absolute atomic E-state index is 0.301. The van der Waals surface area contributed by atoms with Crippen molar-refractivity contribution in [1.82, 2.24) is 0 Å². The van der Waals surface area contributed by atoms with Crippen LogP contribution >= 0.6 is 0 Å². The molecule has 1 aromatic rings. The Labute approximate surface area is 141 Å². The Hall–Kier alpha value is -1.35. The van der Waals surface area contributed by atoms with Crippen molar-refractivity contribution in [3.63, 3.8) is 0 Å². The van der Waals surface area contributed by atoms with Gasteiger partial charge in [0.05, 0.1) is 18.1 Å². The summed E-state index contributed by atoms with van der Waals surface area (Å²) < 4.78 is 0. The molecule has 0 spiro atoms. The number of quaternary nitrogens is 1. The molecule has 1 rings (SSSR count). The van der Waals surface area contributed by atoms with Crippen LogP contribution in [-0.2, 0) is 0 Å². The van der Waals surface area contributed by atoms with Gasteiger partial charge in [0.15, 0.2) is 0 Å². The number of carboxylic acid groups (broad SMARTS) is 1. The Bertz CT molecular complexity index is 431. The second-order valence-corrected chi connectivity index (χ2v) is 6.40. The number of rotatable bonds is 14. The first-order chi connectivity index (χ1) is 11.3. The van der Waals surface area contributed by atoms with E-state index in [1.165, 1.54) is 64.2 Å². The van der Waals surface area contributed by atoms with E-state index in [4.69, 9.17) is 0 Å². The van der Waals surface area contributed by atoms with Crippen LogP contribution in [0, 0.1) is 0 Å². The lowest BCUT2D eigenvalue weighted by Gasteiger charge is -2.08. The third-order valence-electron chi connectivity index (χ3n) is 4.35. The van der Waals surface area contributed by atoms with Crippen LogP contribution in [0.15, 0.2) is 24.3 Å². The van der Waals surface area contributed by atoms with Gasteiger partial charge in [0.2, 0.25) is 0 Å². The molecule has 0 unspecified atom stereocenters. The molecule has 0 radical (unpaired) electrons. The maximum Gasteiger partial charge on any atom is 0.138 e. The van der Waals surface area contributed by atoms with E-state index < -0.39 is 5.97 Å². The lowest BCUT2D eigenvalue weighted by Crippen LogP contribution is -2.78. The van der Waals surface area contributed by atoms with Crippen LogP contribution in [0.5, 0.6) is 0 Å². The molecule has 0 heterocycles. The van der Waals surface area contributed by atoms with E-state index in [0.29, 0.717) is 5.56 Å². The van der Waals surface area contributed by atoms with Gasteiger partial charge in [0.25, 0.3) is 0 Å². The first-order valence-electron chi connectivity index (χ1n) is 9.39. The standard InChI is InChI=1S/C20H33NO2/c1-2-3-4-5-6-7-8-9-10-11-14-17-21-19-16-13-12-15-18(19)20(22)23/h12-13,15-16,21H,2-11,14,17H2,1H3,(H,22,23). The molecule has 3 heteroatoms. The molecular weight excluding hydrogens is 286 g/mol. The molecule has 0 aliphatic heterocycles. The van der Waals surface area contributed by atoms with Crippen LogP contribution in [-0.4, -0.2) is 12.5 Å². The Morgan fingerprint density at radius 1 is 0.870 bits per heavy atom. The van der Waals surface area contributed by atoms with E-state index in [2.05, 4.69) is 6.92 Å². The van der Waals surface area contributed by atoms with E-state index in [9.17, 15) is 9.90 Å². The van der Waals surface area contributed by atoms with Crippen LogP contribution in [0.3, 0.4) is 0 Å². The quantitative estimate of drug-likeness (QED) is 0.421. The molecule has 0 bridgehead atoms. The number of nitrogens with two attached hydrogens (primary N) is 1. The molecule has 23 heavy (non-hydrogen) atoms. The van der Waals surface area contributed by atoms with E-state index in [-0.39, 0.29) is 0 Å². The Kier molecular flexibility index (Phi) is 11.2. The second kappa shape index (κ2) is 13.1. The fourth-order valence-corrected chi connectivity index (χ4v) is 2.93. The van der Waals surface area contributed by atoms with Crippen LogP contribution in [0.25, 0.3) is 0 Å². The Morgan fingerprint density at radius 2 is 1.39 bits per heavy atom. The van der Waals surface area contributed by atoms with Crippen molar-refractivity contribution in [3.8, 4) is 0 Å². The third kappa shape index (κ3) is 9.39. The Balaban J connectivity index is 1.97. The van der Waals surface area contributed by atoms with Crippen molar-refractivity contribution < 1.29 is 15.2 Å². The number of carbonyl (C=O) groups excluding carboxylic acids is 1. The van der Waals surface area contributed by atoms with E-state index in [1.807, 2.05) is 17.4 Å². The monoisotopic (exact) mass is 319 g/mol. The van der Waals surface area contributed by atoms with Crippen molar-refractivity contribution in [2.45, 2.75) is 77.6 Å². The van der Waals surface area contributed by atoms with Crippen LogP contribution in [0.1, 0.15) is 87.9 Å². The van der Waals surface area contributed by atoms with Crippen LogP contribution < -0.4 is 10.4 Å². The summed E-state index contributed by atoms with van der Waals surface area (Å²) >= 11 is 0. The number of benzene rings is 1. The molecule has 0 aromatic heterocycles. The van der Waals surface area contributed by atoms with Gasteiger partial charge in [-0.1, -0.05) is 76.8 Å². The van der Waals surface area contributed by atoms with Crippen molar-refractivity contribution in [2.75, 3.05) is 6.54 Å². The minimum Gasteiger partial charge on any atom is -0.545 e. The van der Waals surface area contributed by atoms with Gasteiger partial charge in [0, 0.05) is 0 Å². The highest BCUT2D eigenvalue weighted by molar-refractivity contribution is 5.90. The van der Waals surface area contributed by atoms with Crippen molar-refractivity contribution in [1.29, 1.82) is 0 Å². The summed E-state index contributed by atoms with van der Waals surface area (Å²) in [6, 6.07) is 7.08. The molecule has 0 aliphatic rings. The largest absolute Gasteiger partial charge is 0.545 e. The summed E-state index contributed by atoms with van der Waals surface area (Å²) in [4.78, 5) is 11.0. The summed E-state index contributed by atoms with van der Waals surface area (Å²) in [6.07, 6.45) is 14.7. The van der Waals surface area contributed by atoms with Crippen molar-refractivity contribution in [3.05, 3.63) is 29.8 Å². The molecule has 0 aliphatic carbocycles. The number of carbonyl (C=O) groups is 1. The average molecular weight is 319 g/mol. The topological polar surface area (TPSA) is 56.7 Å². The predicted octanol–water partition coefficient (Wildman–Crippen LogP) is 3.56. The number of hydrogen-bond acceptors (Lipinski definition) is 2. The second-order valence-electron chi connectivity index (χ2n) is 6.40. The zero-order valence-electron chi connectivity index (χ0n) is 14.7. The number of hydrogen-bond donors (Lipinski definition) is 1. The summed E-state index contributed by atoms with van der Waals surface area (Å²) in [6.45, 7) is 3.20. The molecule has 3 nitrogen and oxygen atoms in total. The molecule has 2 N–H and O–H groups in total.